The van der Waals surface area contributed by atoms with Crippen LogP contribution in [-0.4, -0.2) is 12.0 Å². The van der Waals surface area contributed by atoms with Crippen LogP contribution in [0.5, 0.6) is 11.5 Å². The fraction of sp³-hybridized carbons (Fsp3) is 0.214. The number of rotatable bonds is 4. The van der Waals surface area contributed by atoms with Crippen LogP contribution in [0.25, 0.3) is 0 Å². The zero-order valence-electron chi connectivity index (χ0n) is 10.4. The van der Waals surface area contributed by atoms with Crippen molar-refractivity contribution in [3.8, 4) is 11.5 Å². The van der Waals surface area contributed by atoms with Gasteiger partial charge in [0.1, 0.15) is 5.75 Å². The third kappa shape index (κ3) is 2.84. The molecule has 0 atom stereocenters. The SMILES string of the molecule is CNCc1cncc(Oc2cccc(C)c2F)c1. The molecule has 0 aliphatic carbocycles. The minimum Gasteiger partial charge on any atom is -0.453 e. The van der Waals surface area contributed by atoms with Crippen molar-refractivity contribution in [1.82, 2.24) is 10.3 Å². The molecule has 4 heteroatoms. The molecular weight excluding hydrogens is 231 g/mol. The van der Waals surface area contributed by atoms with Crippen molar-refractivity contribution in [2.75, 3.05) is 7.05 Å². The van der Waals surface area contributed by atoms with Crippen molar-refractivity contribution >= 4 is 0 Å². The molecule has 1 aromatic heterocycles. The quantitative estimate of drug-likeness (QED) is 0.900. The lowest BCUT2D eigenvalue weighted by molar-refractivity contribution is 0.437. The maximum atomic E-state index is 13.8. The Balaban J connectivity index is 2.23. The third-order valence-electron chi connectivity index (χ3n) is 2.53. The normalized spacial score (nSPS) is 10.4. The molecule has 0 amide bonds. The van der Waals surface area contributed by atoms with Crippen molar-refractivity contribution in [2.45, 2.75) is 13.5 Å². The van der Waals surface area contributed by atoms with E-state index in [0.29, 0.717) is 17.9 Å². The third-order valence-corrected chi connectivity index (χ3v) is 2.53. The molecule has 1 heterocycles. The van der Waals surface area contributed by atoms with Gasteiger partial charge in [-0.2, -0.15) is 0 Å². The van der Waals surface area contributed by atoms with Gasteiger partial charge in [0.25, 0.3) is 0 Å². The van der Waals surface area contributed by atoms with Crippen molar-refractivity contribution in [2.24, 2.45) is 0 Å². The van der Waals surface area contributed by atoms with Crippen LogP contribution in [0, 0.1) is 12.7 Å². The first kappa shape index (κ1) is 12.5. The molecule has 1 N–H and O–H groups in total. The Labute approximate surface area is 106 Å². The maximum absolute atomic E-state index is 13.8. The molecule has 0 spiro atoms. The molecule has 0 saturated heterocycles. The van der Waals surface area contributed by atoms with Gasteiger partial charge in [0, 0.05) is 12.7 Å². The fourth-order valence-electron chi connectivity index (χ4n) is 1.65. The molecule has 0 aliphatic rings. The molecule has 0 radical (unpaired) electrons. The summed E-state index contributed by atoms with van der Waals surface area (Å²) < 4.78 is 19.3. The van der Waals surface area contributed by atoms with Crippen molar-refractivity contribution in [1.29, 1.82) is 0 Å². The molecule has 0 unspecified atom stereocenters. The van der Waals surface area contributed by atoms with E-state index in [0.717, 1.165) is 5.56 Å². The van der Waals surface area contributed by atoms with Gasteiger partial charge in [-0.1, -0.05) is 12.1 Å². The lowest BCUT2D eigenvalue weighted by Crippen LogP contribution is -2.05. The first-order chi connectivity index (χ1) is 8.70. The predicted octanol–water partition coefficient (Wildman–Crippen LogP) is 3.04. The average Bonchev–Trinajstić information content (AvgIpc) is 2.36. The van der Waals surface area contributed by atoms with Gasteiger partial charge in [-0.15, -0.1) is 0 Å². The Bertz CT molecular complexity index is 543. The Morgan fingerprint density at radius 3 is 2.94 bits per heavy atom. The molecule has 2 aromatic rings. The smallest absolute Gasteiger partial charge is 0.168 e. The van der Waals surface area contributed by atoms with Crippen LogP contribution in [0.15, 0.2) is 36.7 Å². The molecule has 0 saturated carbocycles. The van der Waals surface area contributed by atoms with Crippen molar-refractivity contribution in [3.63, 3.8) is 0 Å². The Kier molecular flexibility index (Phi) is 3.89. The molecule has 0 aliphatic heterocycles. The zero-order chi connectivity index (χ0) is 13.0. The molecule has 18 heavy (non-hydrogen) atoms. The highest BCUT2D eigenvalue weighted by molar-refractivity contribution is 5.35. The van der Waals surface area contributed by atoms with Crippen LogP contribution in [0.1, 0.15) is 11.1 Å². The summed E-state index contributed by atoms with van der Waals surface area (Å²) in [4.78, 5) is 4.06. The monoisotopic (exact) mass is 246 g/mol. The number of hydrogen-bond donors (Lipinski definition) is 1. The lowest BCUT2D eigenvalue weighted by Gasteiger charge is -2.09. The standard InChI is InChI=1S/C14H15FN2O/c1-10-4-3-5-13(14(10)15)18-12-6-11(7-16-2)8-17-9-12/h3-6,8-9,16H,7H2,1-2H3. The van der Waals surface area contributed by atoms with Gasteiger partial charge in [0.15, 0.2) is 11.6 Å². The highest BCUT2D eigenvalue weighted by Crippen LogP contribution is 2.25. The zero-order valence-corrected chi connectivity index (χ0v) is 10.4. The van der Waals surface area contributed by atoms with Crippen LogP contribution >= 0.6 is 0 Å². The van der Waals surface area contributed by atoms with Crippen molar-refractivity contribution < 1.29 is 9.13 Å². The van der Waals surface area contributed by atoms with Crippen molar-refractivity contribution in [3.05, 3.63) is 53.6 Å². The number of aryl methyl sites for hydroxylation is 1. The lowest BCUT2D eigenvalue weighted by atomic mass is 10.2. The number of hydrogen-bond acceptors (Lipinski definition) is 3. The summed E-state index contributed by atoms with van der Waals surface area (Å²) in [6, 6.07) is 6.91. The number of nitrogens with zero attached hydrogens (tertiary/aromatic N) is 1. The second kappa shape index (κ2) is 5.60. The summed E-state index contributed by atoms with van der Waals surface area (Å²) in [6.45, 7) is 2.40. The van der Waals surface area contributed by atoms with E-state index in [1.807, 2.05) is 13.1 Å². The minimum atomic E-state index is -0.337. The largest absolute Gasteiger partial charge is 0.453 e. The van der Waals surface area contributed by atoms with Gasteiger partial charge in [0.05, 0.1) is 6.20 Å². The van der Waals surface area contributed by atoms with E-state index in [4.69, 9.17) is 4.74 Å². The van der Waals surface area contributed by atoms with Gasteiger partial charge >= 0.3 is 0 Å². The molecule has 0 fully saturated rings. The van der Waals surface area contributed by atoms with E-state index in [1.165, 1.54) is 0 Å². The molecule has 2 rings (SSSR count). The highest BCUT2D eigenvalue weighted by atomic mass is 19.1. The van der Waals surface area contributed by atoms with E-state index in [2.05, 4.69) is 10.3 Å². The molecule has 94 valence electrons. The number of halogens is 1. The first-order valence-electron chi connectivity index (χ1n) is 5.72. The summed E-state index contributed by atoms with van der Waals surface area (Å²) in [5, 5.41) is 3.03. The number of ether oxygens (including phenoxy) is 1. The second-order valence-electron chi connectivity index (χ2n) is 4.05. The Hall–Kier alpha value is -1.94. The van der Waals surface area contributed by atoms with E-state index in [9.17, 15) is 4.39 Å². The van der Waals surface area contributed by atoms with Crippen LogP contribution in [0.2, 0.25) is 0 Å². The molecule has 1 aromatic carbocycles. The Morgan fingerprint density at radius 2 is 2.17 bits per heavy atom. The maximum Gasteiger partial charge on any atom is 0.168 e. The molecular formula is C14H15FN2O. The molecule has 0 bridgehead atoms. The van der Waals surface area contributed by atoms with E-state index >= 15 is 0 Å². The topological polar surface area (TPSA) is 34.2 Å². The van der Waals surface area contributed by atoms with E-state index in [1.54, 1.807) is 37.5 Å². The minimum absolute atomic E-state index is 0.221. The Morgan fingerprint density at radius 1 is 1.33 bits per heavy atom. The second-order valence-corrected chi connectivity index (χ2v) is 4.05. The summed E-state index contributed by atoms with van der Waals surface area (Å²) >= 11 is 0. The van der Waals surface area contributed by atoms with Crippen LogP contribution in [-0.2, 0) is 6.54 Å². The summed E-state index contributed by atoms with van der Waals surface area (Å²) in [7, 11) is 1.85. The van der Waals surface area contributed by atoms with Crippen LogP contribution < -0.4 is 10.1 Å². The summed E-state index contributed by atoms with van der Waals surface area (Å²) in [5.41, 5.74) is 1.55. The number of nitrogens with one attached hydrogen (secondary N) is 1. The van der Waals surface area contributed by atoms with Gasteiger partial charge in [-0.05, 0) is 37.2 Å². The van der Waals surface area contributed by atoms with Gasteiger partial charge in [0.2, 0.25) is 0 Å². The van der Waals surface area contributed by atoms with E-state index < -0.39 is 0 Å². The van der Waals surface area contributed by atoms with Gasteiger partial charge in [-0.3, -0.25) is 4.98 Å². The fourth-order valence-corrected chi connectivity index (χ4v) is 1.65. The van der Waals surface area contributed by atoms with Crippen LogP contribution in [0.4, 0.5) is 4.39 Å². The number of aromatic nitrogens is 1. The van der Waals surface area contributed by atoms with Gasteiger partial charge in [-0.25, -0.2) is 4.39 Å². The first-order valence-corrected chi connectivity index (χ1v) is 5.72. The molecule has 3 nitrogen and oxygen atoms in total. The van der Waals surface area contributed by atoms with Crippen LogP contribution in [0.3, 0.4) is 0 Å². The van der Waals surface area contributed by atoms with Gasteiger partial charge < -0.3 is 10.1 Å². The average molecular weight is 246 g/mol. The summed E-state index contributed by atoms with van der Waals surface area (Å²) in [6.07, 6.45) is 3.32. The predicted molar refractivity (Wildman–Crippen MR) is 68.2 cm³/mol. The number of benzene rings is 1. The summed E-state index contributed by atoms with van der Waals surface area (Å²) in [5.74, 6) is 0.419. The van der Waals surface area contributed by atoms with E-state index in [-0.39, 0.29) is 11.6 Å². The highest BCUT2D eigenvalue weighted by Gasteiger charge is 2.07. The number of pyridine rings is 1.